The molecular formula is C12H26N2O3. The van der Waals surface area contributed by atoms with Crippen LogP contribution in [0.4, 0.5) is 4.79 Å². The average molecular weight is 246 g/mol. The molecule has 0 bridgehead atoms. The van der Waals surface area contributed by atoms with E-state index in [9.17, 15) is 9.59 Å². The molecule has 0 saturated carbocycles. The van der Waals surface area contributed by atoms with Gasteiger partial charge in [-0.1, -0.05) is 20.8 Å². The number of carbonyl (C=O) groups is 2. The Morgan fingerprint density at radius 2 is 1.53 bits per heavy atom. The van der Waals surface area contributed by atoms with Crippen molar-refractivity contribution in [1.82, 2.24) is 5.32 Å². The van der Waals surface area contributed by atoms with E-state index in [2.05, 4.69) is 10.1 Å². The van der Waals surface area contributed by atoms with Gasteiger partial charge in [0.05, 0.1) is 0 Å². The summed E-state index contributed by atoms with van der Waals surface area (Å²) in [6.45, 7) is 11.4. The molecule has 0 aliphatic carbocycles. The zero-order valence-electron chi connectivity index (χ0n) is 12.0. The highest BCUT2D eigenvalue weighted by Gasteiger charge is 2.14. The Labute approximate surface area is 104 Å². The minimum Gasteiger partial charge on any atom is -0.444 e. The van der Waals surface area contributed by atoms with Gasteiger partial charge in [0.25, 0.3) is 0 Å². The summed E-state index contributed by atoms with van der Waals surface area (Å²) in [6, 6.07) is 0. The smallest absolute Gasteiger partial charge is 0.405 e. The first-order valence-electron chi connectivity index (χ1n) is 5.56. The van der Waals surface area contributed by atoms with Crippen LogP contribution >= 0.6 is 0 Å². The lowest BCUT2D eigenvalue weighted by atomic mass is 9.92. The molecule has 0 fully saturated rings. The van der Waals surface area contributed by atoms with Crippen molar-refractivity contribution in [3.8, 4) is 0 Å². The van der Waals surface area contributed by atoms with Gasteiger partial charge in [0.1, 0.15) is 5.60 Å². The van der Waals surface area contributed by atoms with Crippen molar-refractivity contribution in [2.24, 2.45) is 11.1 Å². The molecule has 5 heteroatoms. The van der Waals surface area contributed by atoms with E-state index in [0.29, 0.717) is 6.42 Å². The monoisotopic (exact) mass is 246 g/mol. The summed E-state index contributed by atoms with van der Waals surface area (Å²) >= 11 is 0. The molecule has 3 N–H and O–H groups in total. The van der Waals surface area contributed by atoms with E-state index in [4.69, 9.17) is 5.73 Å². The van der Waals surface area contributed by atoms with Crippen LogP contribution in [-0.2, 0) is 9.53 Å². The molecule has 0 aromatic heterocycles. The molecule has 0 aliphatic heterocycles. The lowest BCUT2D eigenvalue weighted by Crippen LogP contribution is -2.27. The van der Waals surface area contributed by atoms with E-state index < -0.39 is 11.7 Å². The first kappa shape index (κ1) is 18.1. The quantitative estimate of drug-likeness (QED) is 0.743. The van der Waals surface area contributed by atoms with E-state index >= 15 is 0 Å². The molecule has 0 radical (unpaired) electrons. The zero-order valence-corrected chi connectivity index (χ0v) is 12.0. The second-order valence-electron chi connectivity index (χ2n) is 5.94. The van der Waals surface area contributed by atoms with Crippen molar-refractivity contribution in [3.63, 3.8) is 0 Å². The maximum absolute atomic E-state index is 10.7. The fourth-order valence-electron chi connectivity index (χ4n) is 0.872. The molecule has 0 aliphatic rings. The van der Waals surface area contributed by atoms with Crippen LogP contribution in [0.2, 0.25) is 0 Å². The van der Waals surface area contributed by atoms with Crippen LogP contribution in [-0.4, -0.2) is 24.6 Å². The molecule has 0 unspecified atom stereocenters. The van der Waals surface area contributed by atoms with Crippen LogP contribution in [0.15, 0.2) is 0 Å². The van der Waals surface area contributed by atoms with Crippen molar-refractivity contribution < 1.29 is 14.3 Å². The molecule has 17 heavy (non-hydrogen) atoms. The van der Waals surface area contributed by atoms with Crippen molar-refractivity contribution in [3.05, 3.63) is 0 Å². The fraction of sp³-hybridized carbons (Fsp3) is 0.833. The Kier molecular flexibility index (Phi) is 7.61. The van der Waals surface area contributed by atoms with Crippen molar-refractivity contribution >= 4 is 12.0 Å². The molecule has 0 aromatic rings. The molecule has 0 spiro atoms. The summed E-state index contributed by atoms with van der Waals surface area (Å²) in [5.41, 5.74) is 4.38. The van der Waals surface area contributed by atoms with Gasteiger partial charge in [-0.05, 0) is 26.2 Å². The number of carbonyl (C=O) groups excluding carboxylic acids is 2. The lowest BCUT2D eigenvalue weighted by Gasteiger charge is -2.16. The Morgan fingerprint density at radius 1 is 1.12 bits per heavy atom. The van der Waals surface area contributed by atoms with Gasteiger partial charge in [-0.3, -0.25) is 4.79 Å². The van der Waals surface area contributed by atoms with Crippen LogP contribution in [0.25, 0.3) is 0 Å². The number of nitrogens with one attached hydrogen (secondary N) is 1. The normalized spacial score (nSPS) is 11.0. The van der Waals surface area contributed by atoms with Gasteiger partial charge in [-0.15, -0.1) is 0 Å². The molecule has 0 aromatic carbocycles. The van der Waals surface area contributed by atoms with Gasteiger partial charge >= 0.3 is 6.09 Å². The van der Waals surface area contributed by atoms with Gasteiger partial charge in [0.2, 0.25) is 5.91 Å². The molecule has 102 valence electrons. The Balaban J connectivity index is 0. The number of amides is 2. The Hall–Kier alpha value is -1.26. The predicted molar refractivity (Wildman–Crippen MR) is 68.6 cm³/mol. The highest BCUT2D eigenvalue weighted by Crippen LogP contribution is 2.17. The summed E-state index contributed by atoms with van der Waals surface area (Å²) in [6.07, 6.45) is -0.124. The molecule has 5 nitrogen and oxygen atoms in total. The summed E-state index contributed by atoms with van der Waals surface area (Å²) in [4.78, 5) is 20.7. The van der Waals surface area contributed by atoms with Gasteiger partial charge in [0.15, 0.2) is 0 Å². The SMILES string of the molecule is CC(C)(C)OC(N)=O.CNC(=O)CC(C)(C)C. The average Bonchev–Trinajstić information content (AvgIpc) is 1.96. The number of hydrogen-bond donors (Lipinski definition) is 2. The largest absolute Gasteiger partial charge is 0.444 e. The fourth-order valence-corrected chi connectivity index (χ4v) is 0.872. The highest BCUT2D eigenvalue weighted by molar-refractivity contribution is 5.76. The molecule has 2 amide bonds. The van der Waals surface area contributed by atoms with Gasteiger partial charge < -0.3 is 15.8 Å². The summed E-state index contributed by atoms with van der Waals surface area (Å²) < 4.78 is 4.58. The summed E-state index contributed by atoms with van der Waals surface area (Å²) in [7, 11) is 1.66. The highest BCUT2D eigenvalue weighted by atomic mass is 16.6. The third-order valence-corrected chi connectivity index (χ3v) is 1.38. The third kappa shape index (κ3) is 20.7. The minimum atomic E-state index is -0.725. The second kappa shape index (κ2) is 7.14. The number of ether oxygens (including phenoxy) is 1. The van der Waals surface area contributed by atoms with Gasteiger partial charge in [-0.25, -0.2) is 4.79 Å². The van der Waals surface area contributed by atoms with Crippen LogP contribution in [0.5, 0.6) is 0 Å². The number of rotatable bonds is 1. The van der Waals surface area contributed by atoms with Crippen LogP contribution in [0.1, 0.15) is 48.0 Å². The van der Waals surface area contributed by atoms with Crippen LogP contribution in [0.3, 0.4) is 0 Å². The number of hydrogen-bond acceptors (Lipinski definition) is 3. The molecule has 0 saturated heterocycles. The molecular weight excluding hydrogens is 220 g/mol. The van der Waals surface area contributed by atoms with Crippen LogP contribution < -0.4 is 11.1 Å². The molecule has 0 atom stereocenters. The zero-order chi connectivity index (χ0) is 14.3. The van der Waals surface area contributed by atoms with Gasteiger partial charge in [0, 0.05) is 13.5 Å². The number of primary amides is 1. The van der Waals surface area contributed by atoms with E-state index in [-0.39, 0.29) is 11.3 Å². The maximum atomic E-state index is 10.7. The van der Waals surface area contributed by atoms with Crippen molar-refractivity contribution in [2.45, 2.75) is 53.6 Å². The van der Waals surface area contributed by atoms with E-state index in [0.717, 1.165) is 0 Å². The van der Waals surface area contributed by atoms with E-state index in [1.165, 1.54) is 0 Å². The predicted octanol–water partition coefficient (Wildman–Crippen LogP) is 2.05. The summed E-state index contributed by atoms with van der Waals surface area (Å²) in [5.74, 6) is 0.113. The topological polar surface area (TPSA) is 81.4 Å². The van der Waals surface area contributed by atoms with E-state index in [1.54, 1.807) is 27.8 Å². The summed E-state index contributed by atoms with van der Waals surface area (Å²) in [5, 5.41) is 2.58. The standard InChI is InChI=1S/C7H15NO.C5H11NO2/c1-7(2,3)5-6(9)8-4;1-5(2,3)8-4(6)7/h5H2,1-4H3,(H,8,9);1-3H3,(H2,6,7). The van der Waals surface area contributed by atoms with Gasteiger partial charge in [-0.2, -0.15) is 0 Å². The van der Waals surface area contributed by atoms with Crippen LogP contribution in [0, 0.1) is 5.41 Å². The van der Waals surface area contributed by atoms with E-state index in [1.807, 2.05) is 20.8 Å². The van der Waals surface area contributed by atoms with Crippen molar-refractivity contribution in [1.29, 1.82) is 0 Å². The van der Waals surface area contributed by atoms with Crippen molar-refractivity contribution in [2.75, 3.05) is 7.05 Å². The lowest BCUT2D eigenvalue weighted by molar-refractivity contribution is -0.122. The first-order chi connectivity index (χ1) is 7.37. The molecule has 0 heterocycles. The number of nitrogens with two attached hydrogens (primary N) is 1. The second-order valence-corrected chi connectivity index (χ2v) is 5.94. The minimum absolute atomic E-state index is 0.111. The third-order valence-electron chi connectivity index (χ3n) is 1.38. The molecule has 0 rings (SSSR count). The Bertz CT molecular complexity index is 249. The first-order valence-corrected chi connectivity index (χ1v) is 5.56. The Morgan fingerprint density at radius 3 is 1.59 bits per heavy atom. The maximum Gasteiger partial charge on any atom is 0.405 e.